The number of tetrazole rings is 1. The van der Waals surface area contributed by atoms with Gasteiger partial charge in [-0.15, -0.1) is 10.2 Å². The van der Waals surface area contributed by atoms with Crippen LogP contribution in [-0.2, 0) is 11.2 Å². The Morgan fingerprint density at radius 2 is 2.00 bits per heavy atom. The van der Waals surface area contributed by atoms with Crippen molar-refractivity contribution in [3.8, 4) is 0 Å². The first-order chi connectivity index (χ1) is 12.9. The Morgan fingerprint density at radius 3 is 2.77 bits per heavy atom. The molecule has 2 aromatic heterocycles. The molecule has 2 aromatic rings. The van der Waals surface area contributed by atoms with E-state index in [0.717, 1.165) is 89.1 Å². The zero-order chi connectivity index (χ0) is 17.6. The van der Waals surface area contributed by atoms with Gasteiger partial charge in [-0.3, -0.25) is 0 Å². The minimum Gasteiger partial charge on any atom is -0.378 e. The molecule has 2 fully saturated rings. The van der Waals surface area contributed by atoms with Gasteiger partial charge < -0.3 is 14.5 Å². The molecule has 0 saturated carbocycles. The fourth-order valence-corrected chi connectivity index (χ4v) is 3.69. The van der Waals surface area contributed by atoms with Crippen LogP contribution >= 0.6 is 0 Å². The topological polar surface area (TPSA) is 96.0 Å². The SMILES string of the molecule is c1cc(N2CCOCC2)nc(C2CCN(CCCc3nn[nH]n3)CC2)n1. The lowest BCUT2D eigenvalue weighted by atomic mass is 9.95. The number of morpholine rings is 1. The van der Waals surface area contributed by atoms with E-state index in [1.54, 1.807) is 0 Å². The number of anilines is 1. The third-order valence-electron chi connectivity index (χ3n) is 5.21. The number of aryl methyl sites for hydroxylation is 1. The van der Waals surface area contributed by atoms with Gasteiger partial charge >= 0.3 is 0 Å². The molecule has 0 aromatic carbocycles. The van der Waals surface area contributed by atoms with Crippen LogP contribution in [0.25, 0.3) is 0 Å². The Balaban J connectivity index is 1.26. The van der Waals surface area contributed by atoms with Crippen molar-refractivity contribution in [2.75, 3.05) is 50.8 Å². The molecule has 0 bridgehead atoms. The Kier molecular flexibility index (Phi) is 5.65. The maximum absolute atomic E-state index is 5.43. The number of ether oxygens (including phenoxy) is 1. The molecule has 9 heteroatoms. The number of rotatable bonds is 6. The molecule has 2 aliphatic heterocycles. The number of hydrogen-bond donors (Lipinski definition) is 1. The van der Waals surface area contributed by atoms with Crippen LogP contribution in [0.4, 0.5) is 5.82 Å². The van der Waals surface area contributed by atoms with E-state index < -0.39 is 0 Å². The zero-order valence-corrected chi connectivity index (χ0v) is 15.0. The summed E-state index contributed by atoms with van der Waals surface area (Å²) in [6.45, 7) is 6.66. The number of hydrogen-bond acceptors (Lipinski definition) is 8. The molecule has 4 rings (SSSR count). The molecule has 0 unspecified atom stereocenters. The first-order valence-corrected chi connectivity index (χ1v) is 9.49. The summed E-state index contributed by atoms with van der Waals surface area (Å²) < 4.78 is 5.43. The summed E-state index contributed by atoms with van der Waals surface area (Å²) in [5.41, 5.74) is 0. The van der Waals surface area contributed by atoms with Crippen molar-refractivity contribution in [2.24, 2.45) is 0 Å². The molecule has 0 spiro atoms. The second-order valence-corrected chi connectivity index (χ2v) is 6.92. The highest BCUT2D eigenvalue weighted by Crippen LogP contribution is 2.26. The van der Waals surface area contributed by atoms with Gasteiger partial charge in [0.05, 0.1) is 13.2 Å². The van der Waals surface area contributed by atoms with E-state index in [1.807, 2.05) is 12.3 Å². The Hall–Kier alpha value is -2.13. The van der Waals surface area contributed by atoms with Gasteiger partial charge in [-0.1, -0.05) is 5.21 Å². The molecule has 0 aliphatic carbocycles. The van der Waals surface area contributed by atoms with Crippen LogP contribution in [0.15, 0.2) is 12.3 Å². The highest BCUT2D eigenvalue weighted by molar-refractivity contribution is 5.38. The highest BCUT2D eigenvalue weighted by Gasteiger charge is 2.23. The largest absolute Gasteiger partial charge is 0.378 e. The predicted octanol–water partition coefficient (Wildman–Crippen LogP) is 0.639. The zero-order valence-electron chi connectivity index (χ0n) is 15.0. The van der Waals surface area contributed by atoms with Crippen molar-refractivity contribution in [2.45, 2.75) is 31.6 Å². The lowest BCUT2D eigenvalue weighted by Crippen LogP contribution is -2.37. The van der Waals surface area contributed by atoms with E-state index in [4.69, 9.17) is 9.72 Å². The van der Waals surface area contributed by atoms with Crippen molar-refractivity contribution in [1.82, 2.24) is 35.5 Å². The maximum atomic E-state index is 5.43. The van der Waals surface area contributed by atoms with Gasteiger partial charge in [0.1, 0.15) is 11.6 Å². The fourth-order valence-electron chi connectivity index (χ4n) is 3.69. The smallest absolute Gasteiger partial charge is 0.174 e. The highest BCUT2D eigenvalue weighted by atomic mass is 16.5. The summed E-state index contributed by atoms with van der Waals surface area (Å²) in [5, 5.41) is 14.1. The maximum Gasteiger partial charge on any atom is 0.174 e. The summed E-state index contributed by atoms with van der Waals surface area (Å²) in [6.07, 6.45) is 6.09. The molecule has 0 atom stereocenters. The molecule has 9 nitrogen and oxygen atoms in total. The minimum absolute atomic E-state index is 0.462. The molecular formula is C17H26N8O. The van der Waals surface area contributed by atoms with Crippen LogP contribution in [0.3, 0.4) is 0 Å². The van der Waals surface area contributed by atoms with Crippen molar-refractivity contribution < 1.29 is 4.74 Å². The number of aromatic nitrogens is 6. The number of aromatic amines is 1. The second-order valence-electron chi connectivity index (χ2n) is 6.92. The average molecular weight is 358 g/mol. The van der Waals surface area contributed by atoms with Gasteiger partial charge in [0.2, 0.25) is 0 Å². The normalized spacial score (nSPS) is 19.8. The third-order valence-corrected chi connectivity index (χ3v) is 5.21. The lowest BCUT2D eigenvalue weighted by molar-refractivity contribution is 0.122. The molecule has 1 N–H and O–H groups in total. The number of nitrogens with zero attached hydrogens (tertiary/aromatic N) is 7. The van der Waals surface area contributed by atoms with Crippen LogP contribution in [0.5, 0.6) is 0 Å². The molecule has 2 aliphatic rings. The quantitative estimate of drug-likeness (QED) is 0.804. The fraction of sp³-hybridized carbons (Fsp3) is 0.706. The Morgan fingerprint density at radius 1 is 1.15 bits per heavy atom. The second kappa shape index (κ2) is 8.50. The lowest BCUT2D eigenvalue weighted by Gasteiger charge is -2.32. The molecule has 0 amide bonds. The summed E-state index contributed by atoms with van der Waals surface area (Å²) in [6, 6.07) is 2.02. The van der Waals surface area contributed by atoms with Crippen LogP contribution in [0.1, 0.15) is 36.8 Å². The molecule has 26 heavy (non-hydrogen) atoms. The Bertz CT molecular complexity index is 665. The Labute approximate surface area is 153 Å². The van der Waals surface area contributed by atoms with E-state index in [0.29, 0.717) is 5.92 Å². The van der Waals surface area contributed by atoms with Crippen LogP contribution in [0, 0.1) is 0 Å². The number of likely N-dealkylation sites (tertiary alicyclic amines) is 1. The summed E-state index contributed by atoms with van der Waals surface area (Å²) in [7, 11) is 0. The van der Waals surface area contributed by atoms with Crippen molar-refractivity contribution in [3.63, 3.8) is 0 Å². The van der Waals surface area contributed by atoms with Gasteiger partial charge in [0, 0.05) is 31.6 Å². The van der Waals surface area contributed by atoms with Crippen molar-refractivity contribution in [3.05, 3.63) is 23.9 Å². The average Bonchev–Trinajstić information content (AvgIpc) is 3.23. The molecule has 4 heterocycles. The van der Waals surface area contributed by atoms with Gasteiger partial charge in [-0.2, -0.15) is 5.21 Å². The van der Waals surface area contributed by atoms with Gasteiger partial charge in [0.25, 0.3) is 0 Å². The minimum atomic E-state index is 0.462. The predicted molar refractivity (Wildman–Crippen MR) is 96.0 cm³/mol. The third kappa shape index (κ3) is 4.34. The summed E-state index contributed by atoms with van der Waals surface area (Å²) in [4.78, 5) is 14.2. The standard InChI is InChI=1S/C17H26N8O/c1(2-15-20-22-23-21-15)7-24-8-4-14(5-9-24)17-18-6-3-16(19-17)25-10-12-26-13-11-25/h3,6,14H,1-2,4-5,7-13H2,(H,20,21,22,23). The van der Waals surface area contributed by atoms with Crippen LogP contribution in [-0.4, -0.2) is 81.4 Å². The molecular weight excluding hydrogens is 332 g/mol. The first kappa shape index (κ1) is 17.3. The number of H-pyrrole nitrogens is 1. The van der Waals surface area contributed by atoms with Gasteiger partial charge in [-0.25, -0.2) is 9.97 Å². The van der Waals surface area contributed by atoms with E-state index in [-0.39, 0.29) is 0 Å². The molecule has 140 valence electrons. The van der Waals surface area contributed by atoms with Gasteiger partial charge in [0.15, 0.2) is 5.82 Å². The number of nitrogens with one attached hydrogen (secondary N) is 1. The van der Waals surface area contributed by atoms with E-state index in [9.17, 15) is 0 Å². The monoisotopic (exact) mass is 358 g/mol. The summed E-state index contributed by atoms with van der Waals surface area (Å²) in [5.74, 6) is 3.30. The summed E-state index contributed by atoms with van der Waals surface area (Å²) >= 11 is 0. The van der Waals surface area contributed by atoms with E-state index in [1.165, 1.54) is 0 Å². The van der Waals surface area contributed by atoms with Crippen LogP contribution < -0.4 is 4.90 Å². The van der Waals surface area contributed by atoms with Crippen molar-refractivity contribution >= 4 is 5.82 Å². The number of piperidine rings is 1. The van der Waals surface area contributed by atoms with Crippen molar-refractivity contribution in [1.29, 1.82) is 0 Å². The van der Waals surface area contributed by atoms with Crippen LogP contribution in [0.2, 0.25) is 0 Å². The molecule has 0 radical (unpaired) electrons. The van der Waals surface area contributed by atoms with E-state index >= 15 is 0 Å². The van der Waals surface area contributed by atoms with E-state index in [2.05, 4.69) is 35.4 Å². The molecule has 2 saturated heterocycles. The van der Waals surface area contributed by atoms with Gasteiger partial charge in [-0.05, 0) is 45.0 Å². The first-order valence-electron chi connectivity index (χ1n) is 9.49.